The van der Waals surface area contributed by atoms with Gasteiger partial charge < -0.3 is 10.4 Å². The molecule has 0 heterocycles. The maximum atomic E-state index is 9.02. The van der Waals surface area contributed by atoms with Gasteiger partial charge in [-0.3, -0.25) is 0 Å². The van der Waals surface area contributed by atoms with E-state index in [2.05, 4.69) is 57.3 Å². The molecule has 2 heteroatoms. The molecule has 1 atom stereocenters. The second-order valence-corrected chi connectivity index (χ2v) is 6.45. The van der Waals surface area contributed by atoms with E-state index >= 15 is 0 Å². The van der Waals surface area contributed by atoms with Gasteiger partial charge in [-0.25, -0.2) is 0 Å². The van der Waals surface area contributed by atoms with E-state index in [0.717, 1.165) is 25.8 Å². The number of rotatable bonds is 8. The van der Waals surface area contributed by atoms with Gasteiger partial charge in [-0.05, 0) is 44.1 Å². The lowest BCUT2D eigenvalue weighted by molar-refractivity contribution is 0.203. The smallest absolute Gasteiger partial charge is 0.0436 e. The summed E-state index contributed by atoms with van der Waals surface area (Å²) in [5, 5.41) is 12.6. The molecule has 0 radical (unpaired) electrons. The molecule has 2 N–H and O–H groups in total. The number of hydrogen-bond acceptors (Lipinski definition) is 2. The Morgan fingerprint density at radius 1 is 1.32 bits per heavy atom. The van der Waals surface area contributed by atoms with E-state index in [1.54, 1.807) is 0 Å². The second-order valence-electron chi connectivity index (χ2n) is 6.45. The third-order valence-electron chi connectivity index (χ3n) is 3.67. The largest absolute Gasteiger partial charge is 0.396 e. The van der Waals surface area contributed by atoms with Crippen LogP contribution < -0.4 is 5.32 Å². The lowest BCUT2D eigenvalue weighted by Gasteiger charge is -2.26. The van der Waals surface area contributed by atoms with Crippen molar-refractivity contribution in [2.75, 3.05) is 13.2 Å². The zero-order valence-electron chi connectivity index (χ0n) is 12.9. The Balaban J connectivity index is 2.30. The van der Waals surface area contributed by atoms with Crippen LogP contribution in [-0.4, -0.2) is 24.3 Å². The number of benzene rings is 1. The summed E-state index contributed by atoms with van der Waals surface area (Å²) >= 11 is 0. The Bertz CT molecular complexity index is 373. The molecule has 1 aromatic rings. The van der Waals surface area contributed by atoms with Crippen LogP contribution in [0.2, 0.25) is 0 Å². The minimum Gasteiger partial charge on any atom is -0.396 e. The first-order chi connectivity index (χ1) is 8.93. The Hall–Kier alpha value is -0.860. The number of hydrogen-bond donors (Lipinski definition) is 2. The van der Waals surface area contributed by atoms with Crippen LogP contribution >= 0.6 is 0 Å². The Kier molecular flexibility index (Phi) is 6.53. The predicted molar refractivity (Wildman–Crippen MR) is 82.4 cm³/mol. The van der Waals surface area contributed by atoms with Gasteiger partial charge in [0.2, 0.25) is 0 Å². The molecule has 0 aliphatic heterocycles. The van der Waals surface area contributed by atoms with Crippen LogP contribution in [0.25, 0.3) is 0 Å². The summed E-state index contributed by atoms with van der Waals surface area (Å²) in [4.78, 5) is 0. The molecule has 1 unspecified atom stereocenters. The molecule has 0 fully saturated rings. The molecule has 0 aliphatic rings. The minimum absolute atomic E-state index is 0.173. The first kappa shape index (κ1) is 16.2. The normalized spacial score (nSPS) is 13.5. The zero-order valence-corrected chi connectivity index (χ0v) is 12.9. The van der Waals surface area contributed by atoms with Crippen molar-refractivity contribution in [2.24, 2.45) is 5.41 Å². The van der Waals surface area contributed by atoms with Gasteiger partial charge in [-0.1, -0.05) is 43.7 Å². The maximum Gasteiger partial charge on any atom is 0.0436 e. The molecule has 1 aromatic carbocycles. The molecular weight excluding hydrogens is 234 g/mol. The van der Waals surface area contributed by atoms with Crippen molar-refractivity contribution in [3.05, 3.63) is 35.4 Å². The Morgan fingerprint density at radius 3 is 2.68 bits per heavy atom. The molecule has 0 amide bonds. The molecule has 0 aromatic heterocycles. The fourth-order valence-electron chi connectivity index (χ4n) is 2.19. The summed E-state index contributed by atoms with van der Waals surface area (Å²) in [6.07, 6.45) is 3.12. The molecule has 0 bridgehead atoms. The fraction of sp³-hybridized carbons (Fsp3) is 0.647. The van der Waals surface area contributed by atoms with Crippen molar-refractivity contribution in [3.63, 3.8) is 0 Å². The average Bonchev–Trinajstić information content (AvgIpc) is 2.34. The van der Waals surface area contributed by atoms with Gasteiger partial charge in [0.05, 0.1) is 0 Å². The van der Waals surface area contributed by atoms with Gasteiger partial charge in [-0.2, -0.15) is 0 Å². The van der Waals surface area contributed by atoms with Crippen molar-refractivity contribution in [3.8, 4) is 0 Å². The summed E-state index contributed by atoms with van der Waals surface area (Å²) in [7, 11) is 0. The zero-order chi connectivity index (χ0) is 14.3. The van der Waals surface area contributed by atoms with Crippen molar-refractivity contribution in [1.29, 1.82) is 0 Å². The summed E-state index contributed by atoms with van der Waals surface area (Å²) < 4.78 is 0. The Labute approximate surface area is 118 Å². The number of aryl methyl sites for hydroxylation is 2. The second kappa shape index (κ2) is 7.66. The molecule has 0 saturated heterocycles. The summed E-state index contributed by atoms with van der Waals surface area (Å²) in [5.74, 6) is 0. The highest BCUT2D eigenvalue weighted by molar-refractivity contribution is 5.22. The standard InChI is InChI=1S/C17H29NO/c1-14-6-5-7-16(12-14)9-8-15(2)18-13-17(3,4)10-11-19/h5-7,12,15,18-19H,8-11,13H2,1-4H3. The molecule has 2 nitrogen and oxygen atoms in total. The average molecular weight is 263 g/mol. The third-order valence-corrected chi connectivity index (χ3v) is 3.67. The number of nitrogens with one attached hydrogen (secondary N) is 1. The number of aliphatic hydroxyl groups excluding tert-OH is 1. The lowest BCUT2D eigenvalue weighted by Crippen LogP contribution is -2.36. The van der Waals surface area contributed by atoms with Crippen molar-refractivity contribution in [1.82, 2.24) is 5.32 Å². The first-order valence-corrected chi connectivity index (χ1v) is 7.33. The SMILES string of the molecule is Cc1cccc(CCC(C)NCC(C)(C)CCO)c1. The Morgan fingerprint density at radius 2 is 2.05 bits per heavy atom. The quantitative estimate of drug-likeness (QED) is 0.754. The van der Waals surface area contributed by atoms with Gasteiger partial charge in [0.25, 0.3) is 0 Å². The molecule has 108 valence electrons. The third kappa shape index (κ3) is 6.74. The molecule has 19 heavy (non-hydrogen) atoms. The topological polar surface area (TPSA) is 32.3 Å². The van der Waals surface area contributed by atoms with Gasteiger partial charge in [0, 0.05) is 19.2 Å². The van der Waals surface area contributed by atoms with Crippen LogP contribution in [0, 0.1) is 12.3 Å². The lowest BCUT2D eigenvalue weighted by atomic mass is 9.89. The van der Waals surface area contributed by atoms with E-state index in [-0.39, 0.29) is 12.0 Å². The maximum absolute atomic E-state index is 9.02. The summed E-state index contributed by atoms with van der Waals surface area (Å²) in [6, 6.07) is 9.26. The molecule has 0 aliphatic carbocycles. The van der Waals surface area contributed by atoms with Gasteiger partial charge >= 0.3 is 0 Å². The monoisotopic (exact) mass is 263 g/mol. The predicted octanol–water partition coefficient (Wildman–Crippen LogP) is 3.31. The van der Waals surface area contributed by atoms with Crippen molar-refractivity contribution < 1.29 is 5.11 Å². The van der Waals surface area contributed by atoms with Crippen molar-refractivity contribution in [2.45, 2.75) is 53.0 Å². The van der Waals surface area contributed by atoms with Crippen LogP contribution in [0.15, 0.2) is 24.3 Å². The summed E-state index contributed by atoms with van der Waals surface area (Å²) in [5.41, 5.74) is 2.93. The van der Waals surface area contributed by atoms with Gasteiger partial charge in [0.1, 0.15) is 0 Å². The van der Waals surface area contributed by atoms with Gasteiger partial charge in [0.15, 0.2) is 0 Å². The highest BCUT2D eigenvalue weighted by Crippen LogP contribution is 2.18. The van der Waals surface area contributed by atoms with E-state index < -0.39 is 0 Å². The van der Waals surface area contributed by atoms with E-state index in [9.17, 15) is 0 Å². The minimum atomic E-state index is 0.173. The molecular formula is C17H29NO. The highest BCUT2D eigenvalue weighted by atomic mass is 16.3. The van der Waals surface area contributed by atoms with E-state index in [0.29, 0.717) is 6.04 Å². The van der Waals surface area contributed by atoms with E-state index in [4.69, 9.17) is 5.11 Å². The van der Waals surface area contributed by atoms with Crippen LogP contribution in [-0.2, 0) is 6.42 Å². The van der Waals surface area contributed by atoms with E-state index in [1.165, 1.54) is 11.1 Å². The fourth-order valence-corrected chi connectivity index (χ4v) is 2.19. The van der Waals surface area contributed by atoms with Crippen LogP contribution in [0.4, 0.5) is 0 Å². The van der Waals surface area contributed by atoms with E-state index in [1.807, 2.05) is 0 Å². The van der Waals surface area contributed by atoms with Crippen LogP contribution in [0.3, 0.4) is 0 Å². The van der Waals surface area contributed by atoms with Crippen molar-refractivity contribution >= 4 is 0 Å². The molecule has 1 rings (SSSR count). The summed E-state index contributed by atoms with van der Waals surface area (Å²) in [6.45, 7) is 10.0. The molecule has 0 saturated carbocycles. The highest BCUT2D eigenvalue weighted by Gasteiger charge is 2.17. The van der Waals surface area contributed by atoms with Crippen LogP contribution in [0.5, 0.6) is 0 Å². The first-order valence-electron chi connectivity index (χ1n) is 7.33. The number of aliphatic hydroxyl groups is 1. The van der Waals surface area contributed by atoms with Gasteiger partial charge in [-0.15, -0.1) is 0 Å². The van der Waals surface area contributed by atoms with Crippen LogP contribution in [0.1, 0.15) is 44.7 Å². The molecule has 0 spiro atoms.